The van der Waals surface area contributed by atoms with Crippen LogP contribution in [0.15, 0.2) is 6.07 Å². The first-order valence-corrected chi connectivity index (χ1v) is 6.77. The standard InChI is InChI=1S/C14H20N2O5/c1-14(2,3)21-13(19)15-7-9-6-10(12(17)18)11-8-20-5-4-16(9)11/h6H,4-5,7-8H2,1-3H3,(H,15,19)(H,17,18). The van der Waals surface area contributed by atoms with Gasteiger partial charge in [-0.05, 0) is 26.8 Å². The molecule has 0 atom stereocenters. The number of fused-ring (bicyclic) bond motifs is 1. The van der Waals surface area contributed by atoms with Gasteiger partial charge < -0.3 is 24.5 Å². The third kappa shape index (κ3) is 3.75. The molecule has 2 rings (SSSR count). The van der Waals surface area contributed by atoms with E-state index in [0.29, 0.717) is 18.8 Å². The van der Waals surface area contributed by atoms with Gasteiger partial charge in [0.05, 0.1) is 31.0 Å². The molecule has 0 aliphatic carbocycles. The van der Waals surface area contributed by atoms with Crippen molar-refractivity contribution in [2.24, 2.45) is 0 Å². The maximum absolute atomic E-state index is 11.7. The lowest BCUT2D eigenvalue weighted by atomic mass is 10.2. The van der Waals surface area contributed by atoms with Crippen molar-refractivity contribution in [2.75, 3.05) is 6.61 Å². The fourth-order valence-corrected chi connectivity index (χ4v) is 2.21. The number of nitrogens with zero attached hydrogens (tertiary/aromatic N) is 1. The molecule has 1 amide bonds. The third-order valence-corrected chi connectivity index (χ3v) is 3.04. The number of aromatic carboxylic acids is 1. The number of aromatic nitrogens is 1. The molecule has 0 aromatic carbocycles. The van der Waals surface area contributed by atoms with E-state index in [9.17, 15) is 14.7 Å². The molecule has 1 aliphatic heterocycles. The van der Waals surface area contributed by atoms with Gasteiger partial charge in [-0.3, -0.25) is 0 Å². The smallest absolute Gasteiger partial charge is 0.407 e. The van der Waals surface area contributed by atoms with E-state index in [0.717, 1.165) is 5.69 Å². The van der Waals surface area contributed by atoms with Crippen molar-refractivity contribution in [1.29, 1.82) is 0 Å². The molecule has 0 saturated heterocycles. The summed E-state index contributed by atoms with van der Waals surface area (Å²) in [7, 11) is 0. The second-order valence-electron chi connectivity index (χ2n) is 5.86. The van der Waals surface area contributed by atoms with Crippen molar-refractivity contribution in [3.05, 3.63) is 23.0 Å². The minimum absolute atomic E-state index is 0.217. The molecule has 0 spiro atoms. The molecule has 0 unspecified atom stereocenters. The predicted octanol–water partition coefficient (Wildman–Crippen LogP) is 1.74. The van der Waals surface area contributed by atoms with Gasteiger partial charge in [0, 0.05) is 12.2 Å². The Morgan fingerprint density at radius 3 is 2.81 bits per heavy atom. The Morgan fingerprint density at radius 2 is 2.19 bits per heavy atom. The Labute approximate surface area is 122 Å². The summed E-state index contributed by atoms with van der Waals surface area (Å²) in [6.45, 7) is 6.94. The minimum atomic E-state index is -0.993. The summed E-state index contributed by atoms with van der Waals surface area (Å²) in [5.41, 5.74) is 1.02. The van der Waals surface area contributed by atoms with Crippen molar-refractivity contribution in [3.63, 3.8) is 0 Å². The van der Waals surface area contributed by atoms with Gasteiger partial charge in [-0.1, -0.05) is 0 Å². The molecule has 1 aliphatic rings. The Morgan fingerprint density at radius 1 is 1.48 bits per heavy atom. The summed E-state index contributed by atoms with van der Waals surface area (Å²) < 4.78 is 12.3. The molecule has 0 fully saturated rings. The summed E-state index contributed by atoms with van der Waals surface area (Å²) in [4.78, 5) is 22.9. The lowest BCUT2D eigenvalue weighted by Gasteiger charge is -2.21. The number of carboxylic acids is 1. The highest BCUT2D eigenvalue weighted by molar-refractivity contribution is 5.89. The third-order valence-electron chi connectivity index (χ3n) is 3.04. The highest BCUT2D eigenvalue weighted by Crippen LogP contribution is 2.21. The van der Waals surface area contributed by atoms with Gasteiger partial charge in [-0.25, -0.2) is 9.59 Å². The van der Waals surface area contributed by atoms with Crippen molar-refractivity contribution in [1.82, 2.24) is 9.88 Å². The first-order valence-electron chi connectivity index (χ1n) is 6.77. The fraction of sp³-hybridized carbons (Fsp3) is 0.571. The number of rotatable bonds is 3. The molecule has 7 nitrogen and oxygen atoms in total. The van der Waals surface area contributed by atoms with Gasteiger partial charge >= 0.3 is 12.1 Å². The topological polar surface area (TPSA) is 89.8 Å². The van der Waals surface area contributed by atoms with Gasteiger partial charge in [0.1, 0.15) is 5.60 Å². The molecule has 1 aromatic heterocycles. The average Bonchev–Trinajstić information content (AvgIpc) is 2.73. The zero-order valence-electron chi connectivity index (χ0n) is 12.4. The number of ether oxygens (including phenoxy) is 2. The van der Waals surface area contributed by atoms with Gasteiger partial charge in [0.25, 0.3) is 0 Å². The molecule has 2 heterocycles. The van der Waals surface area contributed by atoms with Crippen LogP contribution in [-0.2, 0) is 29.2 Å². The van der Waals surface area contributed by atoms with E-state index in [-0.39, 0.29) is 18.7 Å². The van der Waals surface area contributed by atoms with Crippen molar-refractivity contribution < 1.29 is 24.2 Å². The number of amides is 1. The number of nitrogens with one attached hydrogen (secondary N) is 1. The normalized spacial score (nSPS) is 14.4. The van der Waals surface area contributed by atoms with E-state index in [4.69, 9.17) is 9.47 Å². The first kappa shape index (κ1) is 15.4. The summed E-state index contributed by atoms with van der Waals surface area (Å²) in [5.74, 6) is -0.993. The van der Waals surface area contributed by atoms with Crippen LogP contribution in [0, 0.1) is 0 Å². The Balaban J connectivity index is 2.10. The van der Waals surface area contributed by atoms with Gasteiger partial charge in [0.15, 0.2) is 0 Å². The molecule has 0 bridgehead atoms. The van der Waals surface area contributed by atoms with Gasteiger partial charge in [-0.15, -0.1) is 0 Å². The van der Waals surface area contributed by atoms with Crippen LogP contribution in [0.1, 0.15) is 42.5 Å². The zero-order chi connectivity index (χ0) is 15.6. The SMILES string of the molecule is CC(C)(C)OC(=O)NCc1cc(C(=O)O)c2n1CCOC2. The molecule has 7 heteroatoms. The summed E-state index contributed by atoms with van der Waals surface area (Å²) in [6, 6.07) is 1.57. The Kier molecular flexibility index (Phi) is 4.22. The highest BCUT2D eigenvalue weighted by atomic mass is 16.6. The van der Waals surface area contributed by atoms with Crippen LogP contribution in [0.25, 0.3) is 0 Å². The fourth-order valence-electron chi connectivity index (χ4n) is 2.21. The van der Waals surface area contributed by atoms with Crippen molar-refractivity contribution in [3.8, 4) is 0 Å². The second kappa shape index (κ2) is 5.77. The molecular weight excluding hydrogens is 276 g/mol. The number of hydrogen-bond donors (Lipinski definition) is 2. The lowest BCUT2D eigenvalue weighted by molar-refractivity contribution is 0.0518. The number of carboxylic acid groups (broad SMARTS) is 1. The molecule has 2 N–H and O–H groups in total. The first-order chi connectivity index (χ1) is 9.78. The second-order valence-corrected chi connectivity index (χ2v) is 5.86. The minimum Gasteiger partial charge on any atom is -0.478 e. The quantitative estimate of drug-likeness (QED) is 0.886. The summed E-state index contributed by atoms with van der Waals surface area (Å²) in [6.07, 6.45) is -0.526. The lowest BCUT2D eigenvalue weighted by Crippen LogP contribution is -2.33. The molecule has 1 aromatic rings. The monoisotopic (exact) mass is 296 g/mol. The van der Waals surface area contributed by atoms with E-state index < -0.39 is 17.7 Å². The Hall–Kier alpha value is -2.02. The van der Waals surface area contributed by atoms with Crippen LogP contribution < -0.4 is 5.32 Å². The summed E-state index contributed by atoms with van der Waals surface area (Å²) >= 11 is 0. The van der Waals surface area contributed by atoms with E-state index in [1.807, 2.05) is 4.57 Å². The number of hydrogen-bond acceptors (Lipinski definition) is 4. The van der Waals surface area contributed by atoms with E-state index in [1.54, 1.807) is 26.8 Å². The molecule has 21 heavy (non-hydrogen) atoms. The van der Waals surface area contributed by atoms with E-state index in [2.05, 4.69) is 5.32 Å². The molecular formula is C14H20N2O5. The van der Waals surface area contributed by atoms with Crippen LogP contribution in [0.4, 0.5) is 4.79 Å². The maximum atomic E-state index is 11.7. The van der Waals surface area contributed by atoms with Crippen molar-refractivity contribution >= 4 is 12.1 Å². The maximum Gasteiger partial charge on any atom is 0.407 e. The highest BCUT2D eigenvalue weighted by Gasteiger charge is 2.23. The predicted molar refractivity (Wildman–Crippen MR) is 74.1 cm³/mol. The van der Waals surface area contributed by atoms with Gasteiger partial charge in [-0.2, -0.15) is 0 Å². The van der Waals surface area contributed by atoms with E-state index in [1.165, 1.54) is 0 Å². The number of alkyl carbamates (subject to hydrolysis) is 1. The Bertz CT molecular complexity index is 556. The van der Waals surface area contributed by atoms with Crippen LogP contribution in [-0.4, -0.2) is 33.9 Å². The van der Waals surface area contributed by atoms with Crippen LogP contribution in [0.3, 0.4) is 0 Å². The largest absolute Gasteiger partial charge is 0.478 e. The van der Waals surface area contributed by atoms with Crippen LogP contribution in [0.2, 0.25) is 0 Å². The molecule has 0 radical (unpaired) electrons. The molecule has 0 saturated carbocycles. The number of carbonyl (C=O) groups is 2. The van der Waals surface area contributed by atoms with Crippen LogP contribution in [0.5, 0.6) is 0 Å². The zero-order valence-corrected chi connectivity index (χ0v) is 12.4. The van der Waals surface area contributed by atoms with Crippen molar-refractivity contribution in [2.45, 2.75) is 46.1 Å². The van der Waals surface area contributed by atoms with E-state index >= 15 is 0 Å². The summed E-state index contributed by atoms with van der Waals surface area (Å²) in [5, 5.41) is 11.8. The molecule has 116 valence electrons. The average molecular weight is 296 g/mol. The van der Waals surface area contributed by atoms with Crippen LogP contribution >= 0.6 is 0 Å². The number of carbonyl (C=O) groups excluding carboxylic acids is 1. The van der Waals surface area contributed by atoms with Gasteiger partial charge in [0.2, 0.25) is 0 Å².